The van der Waals surface area contributed by atoms with E-state index in [0.29, 0.717) is 0 Å². The van der Waals surface area contributed by atoms with Gasteiger partial charge in [-0.3, -0.25) is 0 Å². The van der Waals surface area contributed by atoms with Crippen molar-refractivity contribution in [2.45, 2.75) is 78.6 Å². The first-order valence-electron chi connectivity index (χ1n) is 10.4. The average molecular weight is 505 g/mol. The Kier molecular flexibility index (Phi) is 12.7. The second-order valence-corrected chi connectivity index (χ2v) is 32.4. The molecule has 0 spiro atoms. The van der Waals surface area contributed by atoms with E-state index in [1.54, 1.807) is 22.2 Å². The van der Waals surface area contributed by atoms with Gasteiger partial charge in [0.2, 0.25) is 0 Å². The molecule has 0 bridgehead atoms. The summed E-state index contributed by atoms with van der Waals surface area (Å²) in [5.74, 6) is 0. The second-order valence-electron chi connectivity index (χ2n) is 11.8. The van der Waals surface area contributed by atoms with Crippen molar-refractivity contribution in [2.75, 3.05) is 0 Å². The molecule has 0 aliphatic heterocycles. The fourth-order valence-electron chi connectivity index (χ4n) is 2.75. The Morgan fingerprint density at radius 2 is 0.586 bits per heavy atom. The van der Waals surface area contributed by atoms with Crippen molar-refractivity contribution in [2.24, 2.45) is 0 Å². The standard InChI is InChI=1S/2C11H21Si2.2FH.Ti/c2*1-12(2,3)10-7-8-11(9-10)13(4,5)6;;;/h2*7-9H,1-6H3;2*1H;/q;;;;+2/p-2. The van der Waals surface area contributed by atoms with Crippen molar-refractivity contribution in [1.29, 1.82) is 0 Å². The SMILES string of the molecule is C[Si](C)(C)[C]1[CH][CH][C]([Si](C)(C)C)[CH]1.C[Si](C)(C)[C]1[CH][CH][C]([Si](C)(C)C)[CH]1.[F][Ti][F]. The summed E-state index contributed by atoms with van der Waals surface area (Å²) in [6.07, 6.45) is 14.3. The molecule has 0 aromatic heterocycles. The maximum atomic E-state index is 9.75. The van der Waals surface area contributed by atoms with E-state index < -0.39 is 52.5 Å². The Morgan fingerprint density at radius 3 is 0.655 bits per heavy atom. The predicted molar refractivity (Wildman–Crippen MR) is 134 cm³/mol. The van der Waals surface area contributed by atoms with Crippen molar-refractivity contribution < 1.29 is 26.4 Å². The van der Waals surface area contributed by atoms with Crippen LogP contribution in [-0.2, 0) is 20.2 Å². The van der Waals surface area contributed by atoms with Crippen LogP contribution in [0.25, 0.3) is 0 Å². The molecule has 7 heteroatoms. The van der Waals surface area contributed by atoms with Crippen LogP contribution in [0.15, 0.2) is 0 Å². The molecule has 2 fully saturated rings. The predicted octanol–water partition coefficient (Wildman–Crippen LogP) is 7.87. The molecule has 0 aromatic carbocycles. The zero-order valence-electron chi connectivity index (χ0n) is 20.7. The molecular formula is C22H42F2Si4Ti. The molecular weight excluding hydrogens is 462 g/mol. The third kappa shape index (κ3) is 11.7. The molecule has 2 aliphatic rings. The van der Waals surface area contributed by atoms with Crippen molar-refractivity contribution >= 4 is 32.3 Å². The minimum atomic E-state index is -2.50. The van der Waals surface area contributed by atoms with Gasteiger partial charge in [0.05, 0.1) is 32.3 Å². The average Bonchev–Trinajstić information content (AvgIpc) is 3.16. The third-order valence-corrected chi connectivity index (χ3v) is 13.1. The Bertz CT molecular complexity index is 379. The van der Waals surface area contributed by atoms with Gasteiger partial charge in [0.25, 0.3) is 0 Å². The molecule has 0 unspecified atom stereocenters. The normalized spacial score (nSPS) is 20.8. The molecule has 0 N–H and O–H groups in total. The molecule has 0 heterocycles. The van der Waals surface area contributed by atoms with E-state index in [-0.39, 0.29) is 0 Å². The van der Waals surface area contributed by atoms with Crippen molar-refractivity contribution in [3.05, 3.63) is 60.7 Å². The van der Waals surface area contributed by atoms with Crippen LogP contribution < -0.4 is 0 Å². The van der Waals surface area contributed by atoms with Crippen LogP contribution in [0.2, 0.25) is 78.6 Å². The molecule has 164 valence electrons. The number of halogens is 2. The van der Waals surface area contributed by atoms with Crippen LogP contribution in [0.1, 0.15) is 0 Å². The van der Waals surface area contributed by atoms with Crippen molar-refractivity contribution in [3.63, 3.8) is 0 Å². The first-order chi connectivity index (χ1) is 12.8. The number of hydrogen-bond donors (Lipinski definition) is 0. The van der Waals surface area contributed by atoms with Gasteiger partial charge < -0.3 is 0 Å². The van der Waals surface area contributed by atoms with Gasteiger partial charge in [0.15, 0.2) is 0 Å². The van der Waals surface area contributed by atoms with Gasteiger partial charge in [0, 0.05) is 0 Å². The summed E-state index contributed by atoms with van der Waals surface area (Å²) in [5.41, 5.74) is 6.46. The van der Waals surface area contributed by atoms with E-state index in [2.05, 4.69) is 117 Å². The summed E-state index contributed by atoms with van der Waals surface area (Å²) in [5, 5.41) is 0. The first-order valence-corrected chi connectivity index (χ1v) is 25.5. The summed E-state index contributed by atoms with van der Waals surface area (Å²) in [7, 11) is -4.28. The van der Waals surface area contributed by atoms with Crippen molar-refractivity contribution in [3.8, 4) is 0 Å². The summed E-state index contributed by atoms with van der Waals surface area (Å²) < 4.78 is 19.5. The summed E-state index contributed by atoms with van der Waals surface area (Å²) >= 11 is -2.50. The van der Waals surface area contributed by atoms with Gasteiger partial charge >= 0.3 is 26.4 Å². The molecule has 2 rings (SSSR count). The first kappa shape index (κ1) is 30.4. The molecule has 0 aromatic rings. The molecule has 2 saturated carbocycles. The second kappa shape index (κ2) is 12.1. The topological polar surface area (TPSA) is 0 Å². The summed E-state index contributed by atoms with van der Waals surface area (Å²) in [4.78, 5) is 0. The van der Waals surface area contributed by atoms with Crippen molar-refractivity contribution in [1.82, 2.24) is 0 Å². The fourth-order valence-corrected chi connectivity index (χ4v) is 7.73. The van der Waals surface area contributed by atoms with Gasteiger partial charge in [-0.15, -0.1) is 0 Å². The molecule has 0 saturated heterocycles. The number of hydrogen-bond acceptors (Lipinski definition) is 0. The number of rotatable bonds is 4. The van der Waals surface area contributed by atoms with Crippen LogP contribution in [0.3, 0.4) is 0 Å². The Labute approximate surface area is 197 Å². The minimum absolute atomic E-state index is 1.07. The Balaban J connectivity index is 0.000000477. The maximum absolute atomic E-state index is 9.75. The van der Waals surface area contributed by atoms with E-state index in [9.17, 15) is 6.18 Å². The Morgan fingerprint density at radius 1 is 0.448 bits per heavy atom. The quantitative estimate of drug-likeness (QED) is 0.342. The van der Waals surface area contributed by atoms with E-state index >= 15 is 0 Å². The zero-order chi connectivity index (χ0) is 23.3. The third-order valence-electron chi connectivity index (χ3n) is 4.97. The van der Waals surface area contributed by atoms with Gasteiger partial charge in [-0.05, 0) is 60.7 Å². The van der Waals surface area contributed by atoms with E-state index in [4.69, 9.17) is 0 Å². The van der Waals surface area contributed by atoms with Crippen LogP contribution >= 0.6 is 0 Å². The van der Waals surface area contributed by atoms with Crippen LogP contribution in [0.5, 0.6) is 0 Å². The monoisotopic (exact) mass is 504 g/mol. The summed E-state index contributed by atoms with van der Waals surface area (Å²) in [6.45, 7) is 29.0. The molecule has 10 radical (unpaired) electrons. The van der Waals surface area contributed by atoms with E-state index in [1.165, 1.54) is 0 Å². The molecule has 0 amide bonds. The van der Waals surface area contributed by atoms with Gasteiger partial charge in [-0.2, -0.15) is 0 Å². The van der Waals surface area contributed by atoms with Crippen LogP contribution in [0, 0.1) is 60.7 Å². The van der Waals surface area contributed by atoms with Gasteiger partial charge in [-0.1, -0.05) is 78.6 Å². The fraction of sp³-hybridized carbons (Fsp3) is 0.545. The molecule has 29 heavy (non-hydrogen) atoms. The zero-order valence-corrected chi connectivity index (χ0v) is 26.3. The van der Waals surface area contributed by atoms with Gasteiger partial charge in [-0.25, -0.2) is 0 Å². The molecule has 0 nitrogen and oxygen atoms in total. The summed E-state index contributed by atoms with van der Waals surface area (Å²) in [6, 6.07) is 0. The van der Waals surface area contributed by atoms with E-state index in [1.807, 2.05) is 0 Å². The molecule has 0 atom stereocenters. The van der Waals surface area contributed by atoms with Gasteiger partial charge in [0.1, 0.15) is 0 Å². The van der Waals surface area contributed by atoms with E-state index in [0.717, 1.165) is 0 Å². The Hall–Kier alpha value is 1.44. The van der Waals surface area contributed by atoms with Crippen LogP contribution in [-0.4, -0.2) is 32.3 Å². The van der Waals surface area contributed by atoms with Crippen LogP contribution in [0.4, 0.5) is 6.18 Å². The molecule has 2 aliphatic carbocycles.